The van der Waals surface area contributed by atoms with E-state index in [2.05, 4.69) is 5.32 Å². The molecule has 6 heteroatoms. The lowest BCUT2D eigenvalue weighted by atomic mass is 10.1. The van der Waals surface area contributed by atoms with E-state index >= 15 is 0 Å². The Balaban J connectivity index is 1.96. The van der Waals surface area contributed by atoms with Crippen molar-refractivity contribution in [3.05, 3.63) is 64.7 Å². The molecule has 0 unspecified atom stereocenters. The molecule has 0 fully saturated rings. The Labute approximate surface area is 138 Å². The van der Waals surface area contributed by atoms with Crippen LogP contribution >= 0.6 is 11.6 Å². The summed E-state index contributed by atoms with van der Waals surface area (Å²) in [6.07, 6.45) is -0.792. The van der Waals surface area contributed by atoms with Crippen LogP contribution in [0.25, 0.3) is 0 Å². The average molecular weight is 340 g/mol. The molecule has 0 aliphatic carbocycles. The summed E-state index contributed by atoms with van der Waals surface area (Å²) in [5, 5.41) is 2.69. The first-order valence-electron chi connectivity index (χ1n) is 7.04. The zero-order valence-electron chi connectivity index (χ0n) is 12.6. The number of hydrogen-bond donors (Lipinski definition) is 1. The second-order valence-electron chi connectivity index (χ2n) is 5.12. The third kappa shape index (κ3) is 4.66. The minimum absolute atomic E-state index is 0.0743. The van der Waals surface area contributed by atoms with Crippen LogP contribution in [0.4, 0.5) is 8.78 Å². The number of ether oxygens (including phenoxy) is 1. The first-order chi connectivity index (χ1) is 10.9. The van der Waals surface area contributed by atoms with Crippen molar-refractivity contribution < 1.29 is 18.3 Å². The minimum atomic E-state index is -0.792. The van der Waals surface area contributed by atoms with Crippen molar-refractivity contribution in [2.75, 3.05) is 0 Å². The Kier molecular flexibility index (Phi) is 5.55. The number of amides is 1. The molecule has 23 heavy (non-hydrogen) atoms. The summed E-state index contributed by atoms with van der Waals surface area (Å²) < 4.78 is 31.4. The number of benzene rings is 2. The van der Waals surface area contributed by atoms with E-state index in [4.69, 9.17) is 16.3 Å². The Morgan fingerprint density at radius 1 is 1.13 bits per heavy atom. The van der Waals surface area contributed by atoms with Crippen LogP contribution in [0, 0.1) is 11.6 Å². The molecule has 2 aromatic rings. The van der Waals surface area contributed by atoms with Crippen LogP contribution in [0.5, 0.6) is 5.75 Å². The third-order valence-corrected chi connectivity index (χ3v) is 3.59. The van der Waals surface area contributed by atoms with Gasteiger partial charge in [-0.25, -0.2) is 8.78 Å². The van der Waals surface area contributed by atoms with Crippen LogP contribution in [-0.2, 0) is 4.79 Å². The van der Waals surface area contributed by atoms with Gasteiger partial charge in [0.25, 0.3) is 5.91 Å². The predicted molar refractivity (Wildman–Crippen MR) is 84.5 cm³/mol. The minimum Gasteiger partial charge on any atom is -0.481 e. The predicted octanol–water partition coefficient (Wildman–Crippen LogP) is 4.26. The van der Waals surface area contributed by atoms with Gasteiger partial charge in [0.1, 0.15) is 17.4 Å². The monoisotopic (exact) mass is 339 g/mol. The van der Waals surface area contributed by atoms with E-state index < -0.39 is 11.9 Å². The molecule has 0 aliphatic heterocycles. The standard InChI is InChI=1S/C17H16ClF2NO2/c1-10(12-3-5-13(19)6-4-12)21-17(22)11(2)23-14-7-8-16(20)15(18)9-14/h3-11H,1-2H3,(H,21,22)/t10-,11-/m1/s1. The van der Waals surface area contributed by atoms with Crippen molar-refractivity contribution in [1.29, 1.82) is 0 Å². The van der Waals surface area contributed by atoms with Gasteiger partial charge in [-0.05, 0) is 43.7 Å². The lowest BCUT2D eigenvalue weighted by molar-refractivity contribution is -0.127. The van der Waals surface area contributed by atoms with Gasteiger partial charge in [-0.3, -0.25) is 4.79 Å². The first-order valence-corrected chi connectivity index (χ1v) is 7.42. The number of carbonyl (C=O) groups excluding carboxylic acids is 1. The average Bonchev–Trinajstić information content (AvgIpc) is 2.51. The van der Waals surface area contributed by atoms with Crippen LogP contribution in [-0.4, -0.2) is 12.0 Å². The molecule has 1 N–H and O–H groups in total. The SMILES string of the molecule is C[C@@H](Oc1ccc(F)c(Cl)c1)C(=O)N[C@H](C)c1ccc(F)cc1. The first kappa shape index (κ1) is 17.2. The van der Waals surface area contributed by atoms with Crippen molar-refractivity contribution in [2.24, 2.45) is 0 Å². The molecule has 122 valence electrons. The second kappa shape index (κ2) is 7.42. The molecular weight excluding hydrogens is 324 g/mol. The summed E-state index contributed by atoms with van der Waals surface area (Å²) in [4.78, 5) is 12.1. The number of rotatable bonds is 5. The largest absolute Gasteiger partial charge is 0.481 e. The molecule has 0 spiro atoms. The van der Waals surface area contributed by atoms with Gasteiger partial charge in [0.15, 0.2) is 6.10 Å². The lowest BCUT2D eigenvalue weighted by Gasteiger charge is -2.19. The summed E-state index contributed by atoms with van der Waals surface area (Å²) in [6.45, 7) is 3.36. The highest BCUT2D eigenvalue weighted by Gasteiger charge is 2.18. The van der Waals surface area contributed by atoms with Gasteiger partial charge in [0.05, 0.1) is 11.1 Å². The summed E-state index contributed by atoms with van der Waals surface area (Å²) in [5.41, 5.74) is 0.775. The fourth-order valence-corrected chi connectivity index (χ4v) is 2.14. The highest BCUT2D eigenvalue weighted by molar-refractivity contribution is 6.30. The summed E-state index contributed by atoms with van der Waals surface area (Å²) in [6, 6.07) is 9.45. The Morgan fingerprint density at radius 3 is 2.39 bits per heavy atom. The number of halogens is 3. The molecule has 0 saturated carbocycles. The molecule has 1 amide bonds. The van der Waals surface area contributed by atoms with Crippen LogP contribution in [0.1, 0.15) is 25.5 Å². The molecule has 0 aromatic heterocycles. The van der Waals surface area contributed by atoms with Crippen molar-refractivity contribution in [3.63, 3.8) is 0 Å². The number of nitrogens with one attached hydrogen (secondary N) is 1. The van der Waals surface area contributed by atoms with Crippen molar-refractivity contribution in [2.45, 2.75) is 26.0 Å². The molecule has 0 radical (unpaired) electrons. The van der Waals surface area contributed by atoms with Crippen molar-refractivity contribution in [3.8, 4) is 5.75 Å². The normalized spacial score (nSPS) is 13.3. The van der Waals surface area contributed by atoms with Crippen LogP contribution < -0.4 is 10.1 Å². The molecule has 2 aromatic carbocycles. The van der Waals surface area contributed by atoms with Crippen LogP contribution in [0.3, 0.4) is 0 Å². The Morgan fingerprint density at radius 2 is 1.78 bits per heavy atom. The highest BCUT2D eigenvalue weighted by Crippen LogP contribution is 2.22. The molecule has 0 bridgehead atoms. The maximum Gasteiger partial charge on any atom is 0.261 e. The molecule has 3 nitrogen and oxygen atoms in total. The zero-order valence-corrected chi connectivity index (χ0v) is 13.4. The number of hydrogen-bond acceptors (Lipinski definition) is 2. The van der Waals surface area contributed by atoms with Gasteiger partial charge in [-0.15, -0.1) is 0 Å². The van der Waals surface area contributed by atoms with E-state index in [0.717, 1.165) is 5.56 Å². The smallest absolute Gasteiger partial charge is 0.261 e. The quantitative estimate of drug-likeness (QED) is 0.883. The molecular formula is C17H16ClF2NO2. The Hall–Kier alpha value is -2.14. The third-order valence-electron chi connectivity index (χ3n) is 3.30. The van der Waals surface area contributed by atoms with E-state index in [1.165, 1.54) is 30.3 Å². The van der Waals surface area contributed by atoms with Gasteiger partial charge >= 0.3 is 0 Å². The van der Waals surface area contributed by atoms with Gasteiger partial charge in [-0.1, -0.05) is 23.7 Å². The Bertz CT molecular complexity index is 691. The topological polar surface area (TPSA) is 38.3 Å². The maximum absolute atomic E-state index is 13.1. The van der Waals surface area contributed by atoms with E-state index in [-0.39, 0.29) is 22.8 Å². The zero-order chi connectivity index (χ0) is 17.0. The molecule has 0 heterocycles. The molecule has 2 rings (SSSR count). The fourth-order valence-electron chi connectivity index (χ4n) is 1.97. The second-order valence-corrected chi connectivity index (χ2v) is 5.53. The molecule has 0 saturated heterocycles. The van der Waals surface area contributed by atoms with Gasteiger partial charge in [0.2, 0.25) is 0 Å². The number of carbonyl (C=O) groups is 1. The van der Waals surface area contributed by atoms with E-state index in [9.17, 15) is 13.6 Å². The van der Waals surface area contributed by atoms with E-state index in [0.29, 0.717) is 5.75 Å². The fraction of sp³-hybridized carbons (Fsp3) is 0.235. The summed E-state index contributed by atoms with van der Waals surface area (Å²) in [5.74, 6) is -0.936. The van der Waals surface area contributed by atoms with Crippen molar-refractivity contribution in [1.82, 2.24) is 5.32 Å². The molecule has 0 aliphatic rings. The van der Waals surface area contributed by atoms with Crippen molar-refractivity contribution >= 4 is 17.5 Å². The summed E-state index contributed by atoms with van der Waals surface area (Å²) in [7, 11) is 0. The lowest BCUT2D eigenvalue weighted by Crippen LogP contribution is -2.37. The van der Waals surface area contributed by atoms with Gasteiger partial charge in [0, 0.05) is 6.07 Å². The van der Waals surface area contributed by atoms with E-state index in [1.54, 1.807) is 26.0 Å². The van der Waals surface area contributed by atoms with Crippen LogP contribution in [0.2, 0.25) is 5.02 Å². The van der Waals surface area contributed by atoms with E-state index in [1.807, 2.05) is 0 Å². The van der Waals surface area contributed by atoms with Crippen LogP contribution in [0.15, 0.2) is 42.5 Å². The highest BCUT2D eigenvalue weighted by atomic mass is 35.5. The summed E-state index contributed by atoms with van der Waals surface area (Å²) >= 11 is 5.67. The maximum atomic E-state index is 13.1. The van der Waals surface area contributed by atoms with Gasteiger partial charge in [-0.2, -0.15) is 0 Å². The van der Waals surface area contributed by atoms with Gasteiger partial charge < -0.3 is 10.1 Å². The molecule has 2 atom stereocenters.